The molecule has 1 N–H and O–H groups in total. The maximum absolute atomic E-state index is 4.86. The van der Waals surface area contributed by atoms with E-state index in [9.17, 15) is 0 Å². The van der Waals surface area contributed by atoms with Gasteiger partial charge in [-0.1, -0.05) is 19.9 Å². The Morgan fingerprint density at radius 2 is 2.28 bits per heavy atom. The van der Waals surface area contributed by atoms with Gasteiger partial charge < -0.3 is 14.6 Å². The van der Waals surface area contributed by atoms with Crippen molar-refractivity contribution in [3.63, 3.8) is 0 Å². The lowest BCUT2D eigenvalue weighted by molar-refractivity contribution is 0.403. The molecule has 3 rings (SSSR count). The molecular formula is C20H31N5. The number of aliphatic imine (C=N–C) groups is 1. The lowest BCUT2D eigenvalue weighted by Crippen LogP contribution is -2.40. The SMILES string of the molecule is CCNC(=NCCc1cn2ccccc2n1)N1CCC(CC(C)C)C1. The minimum absolute atomic E-state index is 0.775. The van der Waals surface area contributed by atoms with E-state index < -0.39 is 0 Å². The van der Waals surface area contributed by atoms with Crippen molar-refractivity contribution in [2.24, 2.45) is 16.8 Å². The molecule has 136 valence electrons. The van der Waals surface area contributed by atoms with Crippen LogP contribution in [0, 0.1) is 11.8 Å². The zero-order chi connectivity index (χ0) is 17.6. The predicted octanol–water partition coefficient (Wildman–Crippen LogP) is 3.21. The van der Waals surface area contributed by atoms with Gasteiger partial charge in [-0.3, -0.25) is 4.99 Å². The fourth-order valence-corrected chi connectivity index (χ4v) is 3.69. The summed E-state index contributed by atoms with van der Waals surface area (Å²) in [7, 11) is 0. The number of aromatic nitrogens is 2. The Labute approximate surface area is 151 Å². The fraction of sp³-hybridized carbons (Fsp3) is 0.600. The molecule has 1 aliphatic heterocycles. The molecule has 0 aromatic carbocycles. The van der Waals surface area contributed by atoms with Gasteiger partial charge in [0.2, 0.25) is 0 Å². The van der Waals surface area contributed by atoms with E-state index in [1.165, 1.54) is 12.8 Å². The zero-order valence-electron chi connectivity index (χ0n) is 15.8. The highest BCUT2D eigenvalue weighted by Gasteiger charge is 2.25. The van der Waals surface area contributed by atoms with Crippen molar-refractivity contribution in [3.8, 4) is 0 Å². The van der Waals surface area contributed by atoms with E-state index in [1.807, 2.05) is 24.4 Å². The number of likely N-dealkylation sites (tertiary alicyclic amines) is 1. The number of pyridine rings is 1. The molecule has 5 heteroatoms. The summed E-state index contributed by atoms with van der Waals surface area (Å²) >= 11 is 0. The molecule has 5 nitrogen and oxygen atoms in total. The molecule has 2 aromatic heterocycles. The summed E-state index contributed by atoms with van der Waals surface area (Å²) in [5.41, 5.74) is 2.11. The van der Waals surface area contributed by atoms with Gasteiger partial charge in [0, 0.05) is 45.0 Å². The van der Waals surface area contributed by atoms with Gasteiger partial charge in [-0.2, -0.15) is 0 Å². The third-order valence-electron chi connectivity index (χ3n) is 4.77. The number of imidazole rings is 1. The van der Waals surface area contributed by atoms with Gasteiger partial charge >= 0.3 is 0 Å². The molecule has 0 bridgehead atoms. The lowest BCUT2D eigenvalue weighted by atomic mass is 9.97. The number of nitrogens with one attached hydrogen (secondary N) is 1. The Morgan fingerprint density at radius 3 is 3.04 bits per heavy atom. The largest absolute Gasteiger partial charge is 0.357 e. The normalized spacial score (nSPS) is 18.5. The van der Waals surface area contributed by atoms with Crippen LogP contribution in [0.5, 0.6) is 0 Å². The highest BCUT2D eigenvalue weighted by molar-refractivity contribution is 5.80. The number of hydrogen-bond donors (Lipinski definition) is 1. The third-order valence-corrected chi connectivity index (χ3v) is 4.77. The standard InChI is InChI=1S/C20H31N5/c1-4-21-20(25-12-9-17(14-25)13-16(2)3)22-10-8-18-15-24-11-6-5-7-19(24)23-18/h5-7,11,15-17H,4,8-10,12-14H2,1-3H3,(H,21,22). The maximum Gasteiger partial charge on any atom is 0.193 e. The molecule has 0 radical (unpaired) electrons. The molecule has 1 aliphatic rings. The molecule has 1 fully saturated rings. The zero-order valence-corrected chi connectivity index (χ0v) is 15.8. The van der Waals surface area contributed by atoms with Crippen molar-refractivity contribution in [2.45, 2.75) is 40.0 Å². The van der Waals surface area contributed by atoms with Crippen molar-refractivity contribution in [1.82, 2.24) is 19.6 Å². The minimum atomic E-state index is 0.775. The second-order valence-electron chi connectivity index (χ2n) is 7.41. The average molecular weight is 342 g/mol. The minimum Gasteiger partial charge on any atom is -0.357 e. The van der Waals surface area contributed by atoms with Crippen LogP contribution in [0.2, 0.25) is 0 Å². The molecule has 1 atom stereocenters. The Bertz CT molecular complexity index is 670. The Kier molecular flexibility index (Phi) is 5.95. The second kappa shape index (κ2) is 8.37. The van der Waals surface area contributed by atoms with Crippen molar-refractivity contribution >= 4 is 11.6 Å². The average Bonchev–Trinajstić information content (AvgIpc) is 3.19. The van der Waals surface area contributed by atoms with Crippen LogP contribution in [0.15, 0.2) is 35.6 Å². The molecule has 1 saturated heterocycles. The number of guanidine groups is 1. The Balaban J connectivity index is 1.58. The van der Waals surface area contributed by atoms with Crippen LogP contribution < -0.4 is 5.32 Å². The van der Waals surface area contributed by atoms with Gasteiger partial charge in [0.1, 0.15) is 5.65 Å². The van der Waals surface area contributed by atoms with Crippen LogP contribution in [-0.4, -0.2) is 46.4 Å². The van der Waals surface area contributed by atoms with Crippen molar-refractivity contribution < 1.29 is 0 Å². The van der Waals surface area contributed by atoms with Crippen LogP contribution in [0.4, 0.5) is 0 Å². The highest BCUT2D eigenvalue weighted by atomic mass is 15.3. The molecule has 0 aliphatic carbocycles. The van der Waals surface area contributed by atoms with Gasteiger partial charge in [0.15, 0.2) is 5.96 Å². The summed E-state index contributed by atoms with van der Waals surface area (Å²) in [5, 5.41) is 3.46. The first-order valence-electron chi connectivity index (χ1n) is 9.61. The smallest absolute Gasteiger partial charge is 0.193 e. The third kappa shape index (κ3) is 4.74. The summed E-state index contributed by atoms with van der Waals surface area (Å²) in [6, 6.07) is 6.09. The summed E-state index contributed by atoms with van der Waals surface area (Å²) in [6.07, 6.45) is 7.62. The van der Waals surface area contributed by atoms with Gasteiger partial charge in [-0.25, -0.2) is 4.98 Å². The molecule has 0 spiro atoms. The molecule has 0 saturated carbocycles. The predicted molar refractivity (Wildman–Crippen MR) is 104 cm³/mol. The van der Waals surface area contributed by atoms with Gasteiger partial charge in [0.25, 0.3) is 0 Å². The van der Waals surface area contributed by atoms with E-state index >= 15 is 0 Å². The summed E-state index contributed by atoms with van der Waals surface area (Å²) in [5.74, 6) is 2.65. The van der Waals surface area contributed by atoms with Gasteiger partial charge in [0.05, 0.1) is 5.69 Å². The Hall–Kier alpha value is -2.04. The fourth-order valence-electron chi connectivity index (χ4n) is 3.69. The monoisotopic (exact) mass is 341 g/mol. The quantitative estimate of drug-likeness (QED) is 0.648. The number of fused-ring (bicyclic) bond motifs is 1. The summed E-state index contributed by atoms with van der Waals surface area (Å²) in [4.78, 5) is 11.9. The molecule has 25 heavy (non-hydrogen) atoms. The van der Waals surface area contributed by atoms with E-state index in [1.54, 1.807) is 0 Å². The first kappa shape index (κ1) is 17.8. The van der Waals surface area contributed by atoms with Crippen molar-refractivity contribution in [3.05, 3.63) is 36.3 Å². The van der Waals surface area contributed by atoms with Crippen LogP contribution >= 0.6 is 0 Å². The first-order chi connectivity index (χ1) is 12.2. The molecule has 2 aromatic rings. The van der Waals surface area contributed by atoms with E-state index in [0.29, 0.717) is 0 Å². The van der Waals surface area contributed by atoms with Crippen molar-refractivity contribution in [2.75, 3.05) is 26.2 Å². The lowest BCUT2D eigenvalue weighted by Gasteiger charge is -2.22. The van der Waals surface area contributed by atoms with E-state index in [-0.39, 0.29) is 0 Å². The molecular weight excluding hydrogens is 310 g/mol. The first-order valence-corrected chi connectivity index (χ1v) is 9.61. The topological polar surface area (TPSA) is 44.9 Å². The van der Waals surface area contributed by atoms with Gasteiger partial charge in [-0.15, -0.1) is 0 Å². The van der Waals surface area contributed by atoms with E-state index in [2.05, 4.69) is 46.6 Å². The number of nitrogens with zero attached hydrogens (tertiary/aromatic N) is 4. The van der Waals surface area contributed by atoms with Crippen LogP contribution in [0.25, 0.3) is 5.65 Å². The van der Waals surface area contributed by atoms with Crippen LogP contribution in [0.1, 0.15) is 39.3 Å². The molecule has 0 amide bonds. The summed E-state index contributed by atoms with van der Waals surface area (Å²) in [6.45, 7) is 10.7. The van der Waals surface area contributed by atoms with Crippen LogP contribution in [0.3, 0.4) is 0 Å². The van der Waals surface area contributed by atoms with Crippen molar-refractivity contribution in [1.29, 1.82) is 0 Å². The van der Waals surface area contributed by atoms with Crippen LogP contribution in [-0.2, 0) is 6.42 Å². The number of hydrogen-bond acceptors (Lipinski definition) is 2. The summed E-state index contributed by atoms with van der Waals surface area (Å²) < 4.78 is 2.07. The van der Waals surface area contributed by atoms with E-state index in [0.717, 1.165) is 61.7 Å². The highest BCUT2D eigenvalue weighted by Crippen LogP contribution is 2.23. The molecule has 3 heterocycles. The van der Waals surface area contributed by atoms with E-state index in [4.69, 9.17) is 4.99 Å². The Morgan fingerprint density at radius 1 is 1.40 bits per heavy atom. The van der Waals surface area contributed by atoms with Gasteiger partial charge in [-0.05, 0) is 43.7 Å². The number of rotatable bonds is 6. The maximum atomic E-state index is 4.86. The molecule has 1 unspecified atom stereocenters. The second-order valence-corrected chi connectivity index (χ2v) is 7.41.